The normalized spacial score (nSPS) is 28.5. The summed E-state index contributed by atoms with van der Waals surface area (Å²) in [5.41, 5.74) is 0.671. The minimum absolute atomic E-state index is 0.0848. The Morgan fingerprint density at radius 3 is 2.58 bits per heavy atom. The third-order valence-electron chi connectivity index (χ3n) is 8.83. The molecule has 3 unspecified atom stereocenters. The fourth-order valence-electron chi connectivity index (χ4n) is 6.78. The van der Waals surface area contributed by atoms with Crippen LogP contribution in [0.4, 0.5) is 0 Å². The first-order valence-electron chi connectivity index (χ1n) is 13.8. The number of nitrogens with zero attached hydrogens (tertiary/aromatic N) is 2. The maximum Gasteiger partial charge on any atom is 0.254 e. The number of ether oxygens (including phenoxy) is 1. The zero-order valence-corrected chi connectivity index (χ0v) is 22.2. The van der Waals surface area contributed by atoms with Gasteiger partial charge in [-0.05, 0) is 86.7 Å². The van der Waals surface area contributed by atoms with Gasteiger partial charge in [0.2, 0.25) is 0 Å². The second kappa shape index (κ2) is 10.2. The number of benzene rings is 2. The van der Waals surface area contributed by atoms with Crippen molar-refractivity contribution in [2.24, 2.45) is 11.8 Å². The average molecular weight is 491 g/mol. The van der Waals surface area contributed by atoms with Gasteiger partial charge in [-0.25, -0.2) is 0 Å². The number of hydrogen-bond donors (Lipinski definition) is 1. The van der Waals surface area contributed by atoms with E-state index in [1.807, 2.05) is 42.5 Å². The van der Waals surface area contributed by atoms with Crippen LogP contribution in [-0.4, -0.2) is 65.7 Å². The van der Waals surface area contributed by atoms with Crippen molar-refractivity contribution in [1.29, 1.82) is 0 Å². The summed E-state index contributed by atoms with van der Waals surface area (Å²) in [6.45, 7) is 7.88. The summed E-state index contributed by atoms with van der Waals surface area (Å²) in [7, 11) is 1.70. The van der Waals surface area contributed by atoms with Gasteiger partial charge in [0.1, 0.15) is 5.75 Å². The minimum Gasteiger partial charge on any atom is -0.497 e. The standard InChI is InChI=1S/C31H42N2O3/c1-23(2)20-33(29(34)25-8-5-4-6-9-25)27-14-15-31(35)22-32(21-24-12-13-24)17-16-30(31,19-27)26-10-7-11-28(18-26)36-3/h4-11,18,23-24,27,35H,12-17,19-22H2,1-3H3. The molecule has 3 aliphatic rings. The lowest BCUT2D eigenvalue weighted by Gasteiger charge is -2.59. The van der Waals surface area contributed by atoms with Gasteiger partial charge in [0.25, 0.3) is 5.91 Å². The zero-order chi connectivity index (χ0) is 25.3. The van der Waals surface area contributed by atoms with Crippen LogP contribution >= 0.6 is 0 Å². The maximum absolute atomic E-state index is 13.8. The van der Waals surface area contributed by atoms with Gasteiger partial charge < -0.3 is 19.6 Å². The van der Waals surface area contributed by atoms with E-state index >= 15 is 0 Å². The third kappa shape index (κ3) is 4.92. The Hall–Kier alpha value is -2.37. The summed E-state index contributed by atoms with van der Waals surface area (Å²) in [4.78, 5) is 18.4. The first-order valence-corrected chi connectivity index (χ1v) is 13.8. The Kier molecular flexibility index (Phi) is 7.15. The molecule has 1 heterocycles. The van der Waals surface area contributed by atoms with Gasteiger partial charge in [0.15, 0.2) is 0 Å². The molecule has 5 rings (SSSR count). The number of rotatable bonds is 8. The molecule has 1 aliphatic heterocycles. The van der Waals surface area contributed by atoms with E-state index in [-0.39, 0.29) is 11.9 Å². The summed E-state index contributed by atoms with van der Waals surface area (Å²) in [5, 5.41) is 12.4. The highest BCUT2D eigenvalue weighted by Crippen LogP contribution is 2.53. The smallest absolute Gasteiger partial charge is 0.254 e. The molecule has 5 nitrogen and oxygen atoms in total. The summed E-state index contributed by atoms with van der Waals surface area (Å²) >= 11 is 0. The van der Waals surface area contributed by atoms with Crippen molar-refractivity contribution in [2.75, 3.05) is 33.3 Å². The number of carbonyl (C=O) groups is 1. The number of methoxy groups -OCH3 is 1. The van der Waals surface area contributed by atoms with Gasteiger partial charge in [-0.3, -0.25) is 4.79 Å². The second-order valence-corrected chi connectivity index (χ2v) is 11.9. The summed E-state index contributed by atoms with van der Waals surface area (Å²) in [5.74, 6) is 2.10. The number of fused-ring (bicyclic) bond motifs is 1. The van der Waals surface area contributed by atoms with Crippen LogP contribution in [0.3, 0.4) is 0 Å². The number of carbonyl (C=O) groups excluding carboxylic acids is 1. The van der Waals surface area contributed by atoms with Crippen LogP contribution in [0, 0.1) is 11.8 Å². The number of β-amino-alcohol motifs (C(OH)–C–C–N with tert-alkyl or cyclic N) is 1. The lowest BCUT2D eigenvalue weighted by molar-refractivity contribution is -0.133. The molecule has 194 valence electrons. The molecule has 0 radical (unpaired) electrons. The van der Waals surface area contributed by atoms with E-state index in [4.69, 9.17) is 4.74 Å². The molecule has 1 saturated heterocycles. The molecule has 2 aromatic carbocycles. The van der Waals surface area contributed by atoms with Gasteiger partial charge >= 0.3 is 0 Å². The SMILES string of the molecule is COc1cccc(C23CCN(CC4CC4)CC2(O)CCC(N(CC(C)C)C(=O)c2ccccc2)C3)c1. The lowest BCUT2D eigenvalue weighted by Crippen LogP contribution is -2.67. The number of likely N-dealkylation sites (tertiary alicyclic amines) is 1. The zero-order valence-electron chi connectivity index (χ0n) is 22.2. The van der Waals surface area contributed by atoms with Crippen molar-refractivity contribution in [3.05, 3.63) is 65.7 Å². The quantitative estimate of drug-likeness (QED) is 0.557. The van der Waals surface area contributed by atoms with Gasteiger partial charge in [0.05, 0.1) is 12.7 Å². The van der Waals surface area contributed by atoms with Crippen LogP contribution in [0.5, 0.6) is 5.75 Å². The number of amides is 1. The molecule has 0 spiro atoms. The topological polar surface area (TPSA) is 53.0 Å². The Labute approximate surface area is 216 Å². The predicted molar refractivity (Wildman–Crippen MR) is 143 cm³/mol. The van der Waals surface area contributed by atoms with Crippen molar-refractivity contribution >= 4 is 5.91 Å². The molecule has 5 heteroatoms. The van der Waals surface area contributed by atoms with Crippen LogP contribution < -0.4 is 4.74 Å². The highest BCUT2D eigenvalue weighted by molar-refractivity contribution is 5.94. The molecule has 0 aromatic heterocycles. The molecule has 3 atom stereocenters. The summed E-state index contributed by atoms with van der Waals surface area (Å²) < 4.78 is 5.60. The molecule has 0 bridgehead atoms. The monoisotopic (exact) mass is 490 g/mol. The van der Waals surface area contributed by atoms with E-state index in [2.05, 4.69) is 35.8 Å². The van der Waals surface area contributed by atoms with Crippen molar-refractivity contribution in [2.45, 2.75) is 69.4 Å². The fraction of sp³-hybridized carbons (Fsp3) is 0.581. The summed E-state index contributed by atoms with van der Waals surface area (Å²) in [6.07, 6.45) is 5.85. The molecule has 2 aliphatic carbocycles. The summed E-state index contributed by atoms with van der Waals surface area (Å²) in [6, 6.07) is 18.1. The van der Waals surface area contributed by atoms with Crippen LogP contribution in [-0.2, 0) is 5.41 Å². The van der Waals surface area contributed by atoms with Gasteiger partial charge in [-0.15, -0.1) is 0 Å². The highest BCUT2D eigenvalue weighted by Gasteiger charge is 2.58. The Morgan fingerprint density at radius 1 is 1.11 bits per heavy atom. The molecular weight excluding hydrogens is 448 g/mol. The van der Waals surface area contributed by atoms with Crippen molar-refractivity contribution < 1.29 is 14.6 Å². The van der Waals surface area contributed by atoms with E-state index in [1.165, 1.54) is 12.8 Å². The molecule has 2 saturated carbocycles. The predicted octanol–water partition coefficient (Wildman–Crippen LogP) is 5.13. The van der Waals surface area contributed by atoms with Crippen molar-refractivity contribution in [1.82, 2.24) is 9.80 Å². The molecule has 2 aromatic rings. The van der Waals surface area contributed by atoms with E-state index in [1.54, 1.807) is 7.11 Å². The Morgan fingerprint density at radius 2 is 1.89 bits per heavy atom. The van der Waals surface area contributed by atoms with Crippen LogP contribution in [0.2, 0.25) is 0 Å². The second-order valence-electron chi connectivity index (χ2n) is 11.9. The minimum atomic E-state index is -0.817. The fourth-order valence-corrected chi connectivity index (χ4v) is 6.78. The Bertz CT molecular complexity index is 1050. The lowest BCUT2D eigenvalue weighted by atomic mass is 9.55. The van der Waals surface area contributed by atoms with Gasteiger partial charge in [-0.1, -0.05) is 44.2 Å². The van der Waals surface area contributed by atoms with Crippen LogP contribution in [0.1, 0.15) is 68.3 Å². The van der Waals surface area contributed by atoms with Crippen LogP contribution in [0.15, 0.2) is 54.6 Å². The maximum atomic E-state index is 13.8. The number of hydrogen-bond acceptors (Lipinski definition) is 4. The molecular formula is C31H42N2O3. The Balaban J connectivity index is 1.50. The van der Waals surface area contributed by atoms with E-state index < -0.39 is 11.0 Å². The van der Waals surface area contributed by atoms with Crippen LogP contribution in [0.25, 0.3) is 0 Å². The molecule has 1 amide bonds. The van der Waals surface area contributed by atoms with Gasteiger partial charge in [-0.2, -0.15) is 0 Å². The van der Waals surface area contributed by atoms with E-state index in [0.717, 1.165) is 61.7 Å². The van der Waals surface area contributed by atoms with Crippen molar-refractivity contribution in [3.8, 4) is 5.75 Å². The molecule has 36 heavy (non-hydrogen) atoms. The average Bonchev–Trinajstić information content (AvgIpc) is 3.71. The number of piperidine rings is 1. The van der Waals surface area contributed by atoms with E-state index in [9.17, 15) is 9.90 Å². The van der Waals surface area contributed by atoms with Crippen molar-refractivity contribution in [3.63, 3.8) is 0 Å². The molecule has 1 N–H and O–H groups in total. The molecule has 3 fully saturated rings. The van der Waals surface area contributed by atoms with Gasteiger partial charge in [0, 0.05) is 36.7 Å². The van der Waals surface area contributed by atoms with E-state index in [0.29, 0.717) is 18.9 Å². The first kappa shape index (κ1) is 25.3. The number of aliphatic hydroxyl groups is 1. The third-order valence-corrected chi connectivity index (χ3v) is 8.83. The largest absolute Gasteiger partial charge is 0.497 e. The first-order chi connectivity index (χ1) is 17.3. The highest BCUT2D eigenvalue weighted by atomic mass is 16.5.